The van der Waals surface area contributed by atoms with E-state index in [1.54, 1.807) is 0 Å². The Bertz CT molecular complexity index is 138. The fourth-order valence-electron chi connectivity index (χ4n) is 2.12. The summed E-state index contributed by atoms with van der Waals surface area (Å²) in [6, 6.07) is 0. The Morgan fingerprint density at radius 3 is 2.00 bits per heavy atom. The van der Waals surface area contributed by atoms with Gasteiger partial charge in [0.1, 0.15) is 0 Å². The zero-order chi connectivity index (χ0) is 11.7. The van der Waals surface area contributed by atoms with Gasteiger partial charge in [0.05, 0.1) is 0 Å². The number of rotatable bonds is 8. The molecule has 92 valence electrons. The molecule has 2 nitrogen and oxygen atoms in total. The lowest BCUT2D eigenvalue weighted by Gasteiger charge is -2.25. The molecule has 15 heavy (non-hydrogen) atoms. The summed E-state index contributed by atoms with van der Waals surface area (Å²) in [5.74, 6) is 0.647. The fourth-order valence-corrected chi connectivity index (χ4v) is 2.12. The molecule has 0 amide bonds. The van der Waals surface area contributed by atoms with E-state index >= 15 is 0 Å². The molecule has 0 heterocycles. The second-order valence-electron chi connectivity index (χ2n) is 5.72. The van der Waals surface area contributed by atoms with Crippen LogP contribution in [0.3, 0.4) is 0 Å². The van der Waals surface area contributed by atoms with Gasteiger partial charge in [0.2, 0.25) is 0 Å². The van der Waals surface area contributed by atoms with Gasteiger partial charge in [0.25, 0.3) is 0 Å². The van der Waals surface area contributed by atoms with Gasteiger partial charge in [-0.2, -0.15) is 0 Å². The number of hydrogen-bond acceptors (Lipinski definition) is 2. The summed E-state index contributed by atoms with van der Waals surface area (Å²) < 4.78 is 0. The molecule has 0 radical (unpaired) electrons. The molecule has 2 heteroatoms. The largest absolute Gasteiger partial charge is 0.396 e. The normalized spacial score (nSPS) is 14.2. The van der Waals surface area contributed by atoms with Crippen molar-refractivity contribution in [1.29, 1.82) is 0 Å². The quantitative estimate of drug-likeness (QED) is 0.612. The van der Waals surface area contributed by atoms with Crippen molar-refractivity contribution in [2.45, 2.75) is 59.3 Å². The fraction of sp³-hybridized carbons (Fsp3) is 1.00. The Hall–Kier alpha value is -0.0800. The van der Waals surface area contributed by atoms with Crippen LogP contribution in [-0.4, -0.2) is 23.4 Å². The summed E-state index contributed by atoms with van der Waals surface area (Å²) in [5, 5.41) is 17.7. The topological polar surface area (TPSA) is 40.5 Å². The summed E-state index contributed by atoms with van der Waals surface area (Å²) >= 11 is 0. The Morgan fingerprint density at radius 2 is 1.53 bits per heavy atom. The van der Waals surface area contributed by atoms with E-state index in [9.17, 15) is 0 Å². The van der Waals surface area contributed by atoms with Gasteiger partial charge in [-0.15, -0.1) is 0 Å². The number of aliphatic hydroxyl groups is 2. The van der Waals surface area contributed by atoms with Crippen LogP contribution in [0.4, 0.5) is 0 Å². The maximum absolute atomic E-state index is 9.00. The minimum absolute atomic E-state index is 0.306. The van der Waals surface area contributed by atoms with Crippen LogP contribution in [0.5, 0.6) is 0 Å². The molecule has 2 N–H and O–H groups in total. The van der Waals surface area contributed by atoms with Crippen molar-refractivity contribution in [3.8, 4) is 0 Å². The average molecular weight is 216 g/mol. The van der Waals surface area contributed by atoms with Crippen LogP contribution in [0, 0.1) is 11.3 Å². The molecular formula is C13H28O2. The Kier molecular flexibility index (Phi) is 8.07. The molecular weight excluding hydrogens is 188 g/mol. The van der Waals surface area contributed by atoms with E-state index in [0.717, 1.165) is 19.3 Å². The highest BCUT2D eigenvalue weighted by Gasteiger charge is 2.17. The monoisotopic (exact) mass is 216 g/mol. The second-order valence-corrected chi connectivity index (χ2v) is 5.72. The zero-order valence-electron chi connectivity index (χ0n) is 10.6. The van der Waals surface area contributed by atoms with Crippen LogP contribution in [0.2, 0.25) is 0 Å². The van der Waals surface area contributed by atoms with E-state index in [0.29, 0.717) is 24.5 Å². The molecule has 0 saturated carbocycles. The molecule has 0 spiro atoms. The van der Waals surface area contributed by atoms with E-state index in [4.69, 9.17) is 10.2 Å². The van der Waals surface area contributed by atoms with Crippen LogP contribution < -0.4 is 0 Å². The van der Waals surface area contributed by atoms with Gasteiger partial charge in [0.15, 0.2) is 0 Å². The van der Waals surface area contributed by atoms with Crippen molar-refractivity contribution in [3.63, 3.8) is 0 Å². The van der Waals surface area contributed by atoms with Crippen molar-refractivity contribution in [2.75, 3.05) is 13.2 Å². The first kappa shape index (κ1) is 14.9. The lowest BCUT2D eigenvalue weighted by atomic mass is 9.81. The highest BCUT2D eigenvalue weighted by atomic mass is 16.3. The van der Waals surface area contributed by atoms with Gasteiger partial charge < -0.3 is 10.2 Å². The highest BCUT2D eigenvalue weighted by Crippen LogP contribution is 2.29. The second kappa shape index (κ2) is 8.12. The molecule has 0 aromatic heterocycles. The first-order valence-corrected chi connectivity index (χ1v) is 6.21. The van der Waals surface area contributed by atoms with E-state index in [1.807, 2.05) is 0 Å². The van der Waals surface area contributed by atoms with Gasteiger partial charge in [-0.25, -0.2) is 0 Å². The van der Waals surface area contributed by atoms with Crippen molar-refractivity contribution in [3.05, 3.63) is 0 Å². The summed E-state index contributed by atoms with van der Waals surface area (Å²) in [6.45, 7) is 7.38. The molecule has 0 aromatic carbocycles. The summed E-state index contributed by atoms with van der Waals surface area (Å²) in [5.41, 5.74) is 0.358. The van der Waals surface area contributed by atoms with Gasteiger partial charge in [-0.1, -0.05) is 40.0 Å². The predicted octanol–water partition coefficient (Wildman–Crippen LogP) is 2.97. The summed E-state index contributed by atoms with van der Waals surface area (Å²) in [6.07, 6.45) is 6.52. The molecule has 1 atom stereocenters. The smallest absolute Gasteiger partial charge is 0.0433 e. The summed E-state index contributed by atoms with van der Waals surface area (Å²) in [4.78, 5) is 0. The van der Waals surface area contributed by atoms with E-state index in [1.165, 1.54) is 19.3 Å². The third-order valence-electron chi connectivity index (χ3n) is 2.71. The molecule has 0 aliphatic carbocycles. The standard InChI is InChI=1S/C13H28O2/c1-13(2,3)11-12(8-10-15)7-5-4-6-9-14/h12,14-15H,4-11H2,1-3H3/t12-/m0/s1. The molecule has 0 saturated heterocycles. The lowest BCUT2D eigenvalue weighted by molar-refractivity contribution is 0.205. The van der Waals surface area contributed by atoms with Crippen LogP contribution in [0.25, 0.3) is 0 Å². The third-order valence-corrected chi connectivity index (χ3v) is 2.71. The number of hydrogen-bond donors (Lipinski definition) is 2. The van der Waals surface area contributed by atoms with Gasteiger partial charge in [-0.05, 0) is 30.6 Å². The Morgan fingerprint density at radius 1 is 0.867 bits per heavy atom. The Balaban J connectivity index is 3.73. The van der Waals surface area contributed by atoms with Gasteiger partial charge in [-0.3, -0.25) is 0 Å². The SMILES string of the molecule is CC(C)(C)C[C@H](CCO)CCCCCO. The first-order valence-electron chi connectivity index (χ1n) is 6.21. The number of aliphatic hydroxyl groups excluding tert-OH is 2. The third kappa shape index (κ3) is 10.2. The molecule has 0 unspecified atom stereocenters. The average Bonchev–Trinajstić information content (AvgIpc) is 2.10. The minimum Gasteiger partial charge on any atom is -0.396 e. The molecule has 0 aliphatic rings. The van der Waals surface area contributed by atoms with Crippen LogP contribution in [0.1, 0.15) is 59.3 Å². The molecule has 0 fully saturated rings. The van der Waals surface area contributed by atoms with Gasteiger partial charge >= 0.3 is 0 Å². The van der Waals surface area contributed by atoms with Crippen molar-refractivity contribution in [1.82, 2.24) is 0 Å². The molecule has 0 aromatic rings. The van der Waals surface area contributed by atoms with Crippen LogP contribution in [0.15, 0.2) is 0 Å². The van der Waals surface area contributed by atoms with Crippen LogP contribution in [-0.2, 0) is 0 Å². The van der Waals surface area contributed by atoms with Crippen molar-refractivity contribution in [2.24, 2.45) is 11.3 Å². The predicted molar refractivity (Wildman–Crippen MR) is 64.8 cm³/mol. The van der Waals surface area contributed by atoms with Crippen LogP contribution >= 0.6 is 0 Å². The lowest BCUT2D eigenvalue weighted by Crippen LogP contribution is -2.14. The minimum atomic E-state index is 0.306. The maximum atomic E-state index is 9.00. The van der Waals surface area contributed by atoms with E-state index < -0.39 is 0 Å². The van der Waals surface area contributed by atoms with E-state index in [2.05, 4.69) is 20.8 Å². The van der Waals surface area contributed by atoms with E-state index in [-0.39, 0.29) is 0 Å². The molecule has 0 bridgehead atoms. The zero-order valence-corrected chi connectivity index (χ0v) is 10.6. The highest BCUT2D eigenvalue weighted by molar-refractivity contribution is 4.69. The van der Waals surface area contributed by atoms with Crippen molar-refractivity contribution >= 4 is 0 Å². The maximum Gasteiger partial charge on any atom is 0.0433 e. The van der Waals surface area contributed by atoms with Crippen molar-refractivity contribution < 1.29 is 10.2 Å². The molecule has 0 rings (SSSR count). The first-order chi connectivity index (χ1) is 6.99. The number of unbranched alkanes of at least 4 members (excludes halogenated alkanes) is 2. The summed E-state index contributed by atoms with van der Waals surface area (Å²) in [7, 11) is 0. The van der Waals surface area contributed by atoms with Gasteiger partial charge in [0, 0.05) is 13.2 Å². The Labute approximate surface area is 94.7 Å². The molecule has 0 aliphatic heterocycles.